The first-order chi connectivity index (χ1) is 11.5. The van der Waals surface area contributed by atoms with E-state index in [1.165, 1.54) is 43.3 Å². The topological polar surface area (TPSA) is 90.0 Å². The van der Waals surface area contributed by atoms with Gasteiger partial charge in [-0.3, -0.25) is 14.4 Å². The SMILES string of the molecule is CC(=O)Oc1ccc(C(=O)ON2C(=O)c3ccccc3C2=O)cc1. The van der Waals surface area contributed by atoms with Gasteiger partial charge in [0.15, 0.2) is 0 Å². The number of amides is 2. The van der Waals surface area contributed by atoms with E-state index in [0.717, 1.165) is 0 Å². The summed E-state index contributed by atoms with van der Waals surface area (Å²) in [6.45, 7) is 1.25. The lowest BCUT2D eigenvalue weighted by Gasteiger charge is -2.12. The molecule has 2 amide bonds. The van der Waals surface area contributed by atoms with Gasteiger partial charge in [-0.05, 0) is 36.4 Å². The average molecular weight is 325 g/mol. The lowest BCUT2D eigenvalue weighted by atomic mass is 10.1. The van der Waals surface area contributed by atoms with Gasteiger partial charge in [-0.1, -0.05) is 17.2 Å². The van der Waals surface area contributed by atoms with Crippen molar-refractivity contribution in [1.82, 2.24) is 5.06 Å². The Labute approximate surface area is 136 Å². The van der Waals surface area contributed by atoms with Crippen LogP contribution in [0.15, 0.2) is 48.5 Å². The van der Waals surface area contributed by atoms with E-state index >= 15 is 0 Å². The Bertz CT molecular complexity index is 821. The molecule has 120 valence electrons. The number of benzene rings is 2. The van der Waals surface area contributed by atoms with Crippen molar-refractivity contribution in [3.63, 3.8) is 0 Å². The van der Waals surface area contributed by atoms with Gasteiger partial charge in [0, 0.05) is 6.92 Å². The Morgan fingerprint density at radius 1 is 0.875 bits per heavy atom. The number of hydroxylamine groups is 2. The van der Waals surface area contributed by atoms with Gasteiger partial charge in [-0.2, -0.15) is 0 Å². The molecule has 0 aromatic heterocycles. The summed E-state index contributed by atoms with van der Waals surface area (Å²) < 4.78 is 4.85. The highest BCUT2D eigenvalue weighted by atomic mass is 16.7. The molecule has 3 rings (SSSR count). The Morgan fingerprint density at radius 3 is 1.92 bits per heavy atom. The first kappa shape index (κ1) is 15.4. The highest BCUT2D eigenvalue weighted by Gasteiger charge is 2.38. The molecule has 7 nitrogen and oxygen atoms in total. The zero-order valence-corrected chi connectivity index (χ0v) is 12.5. The van der Waals surface area contributed by atoms with Gasteiger partial charge < -0.3 is 9.57 Å². The number of rotatable bonds is 3. The Hall–Kier alpha value is -3.48. The standard InChI is InChI=1S/C17H11NO6/c1-10(19)23-12-8-6-11(7-9-12)17(22)24-18-15(20)13-4-2-3-5-14(13)16(18)21/h2-9H,1H3. The Morgan fingerprint density at radius 2 is 1.42 bits per heavy atom. The smallest absolute Gasteiger partial charge is 0.363 e. The third-order valence-corrected chi connectivity index (χ3v) is 3.28. The summed E-state index contributed by atoms with van der Waals surface area (Å²) >= 11 is 0. The Kier molecular flexibility index (Phi) is 3.83. The van der Waals surface area contributed by atoms with Crippen molar-refractivity contribution in [2.45, 2.75) is 6.92 Å². The molecule has 1 heterocycles. The van der Waals surface area contributed by atoms with Crippen LogP contribution in [-0.4, -0.2) is 28.8 Å². The van der Waals surface area contributed by atoms with Gasteiger partial charge in [0.1, 0.15) is 5.75 Å². The van der Waals surface area contributed by atoms with Crippen LogP contribution in [0.5, 0.6) is 5.75 Å². The van der Waals surface area contributed by atoms with Crippen molar-refractivity contribution in [3.05, 3.63) is 65.2 Å². The summed E-state index contributed by atoms with van der Waals surface area (Å²) in [5.74, 6) is -2.49. The molecule has 0 saturated carbocycles. The molecule has 24 heavy (non-hydrogen) atoms. The fourth-order valence-corrected chi connectivity index (χ4v) is 2.21. The third-order valence-electron chi connectivity index (χ3n) is 3.28. The van der Waals surface area contributed by atoms with Gasteiger partial charge in [0.2, 0.25) is 0 Å². The van der Waals surface area contributed by atoms with E-state index in [1.54, 1.807) is 12.1 Å². The molecule has 7 heteroatoms. The molecule has 0 fully saturated rings. The highest BCUT2D eigenvalue weighted by molar-refractivity contribution is 6.21. The molecule has 0 N–H and O–H groups in total. The number of carbonyl (C=O) groups is 4. The molecule has 0 atom stereocenters. The molecule has 0 aliphatic carbocycles. The van der Waals surface area contributed by atoms with Crippen molar-refractivity contribution >= 4 is 23.8 Å². The van der Waals surface area contributed by atoms with Crippen molar-refractivity contribution in [1.29, 1.82) is 0 Å². The van der Waals surface area contributed by atoms with Crippen molar-refractivity contribution in [2.24, 2.45) is 0 Å². The fourth-order valence-electron chi connectivity index (χ4n) is 2.21. The monoisotopic (exact) mass is 325 g/mol. The third kappa shape index (κ3) is 2.74. The van der Waals surface area contributed by atoms with Crippen LogP contribution >= 0.6 is 0 Å². The first-order valence-electron chi connectivity index (χ1n) is 6.96. The predicted molar refractivity (Wildman–Crippen MR) is 80.1 cm³/mol. The molecule has 0 spiro atoms. The van der Waals surface area contributed by atoms with Crippen LogP contribution in [0, 0.1) is 0 Å². The second kappa shape index (κ2) is 5.96. The van der Waals surface area contributed by atoms with Crippen LogP contribution in [0.25, 0.3) is 0 Å². The number of esters is 1. The van der Waals surface area contributed by atoms with E-state index in [4.69, 9.17) is 9.57 Å². The maximum atomic E-state index is 12.1. The minimum absolute atomic E-state index is 0.0995. The normalized spacial score (nSPS) is 12.8. The molecular weight excluding hydrogens is 314 g/mol. The molecule has 0 radical (unpaired) electrons. The number of fused-ring (bicyclic) bond motifs is 1. The van der Waals surface area contributed by atoms with Crippen molar-refractivity contribution in [2.75, 3.05) is 0 Å². The molecule has 2 aromatic rings. The molecule has 1 aliphatic rings. The zero-order chi connectivity index (χ0) is 17.3. The summed E-state index contributed by atoms with van der Waals surface area (Å²) in [4.78, 5) is 52.1. The summed E-state index contributed by atoms with van der Waals surface area (Å²) in [6.07, 6.45) is 0. The minimum atomic E-state index is -0.876. The van der Waals surface area contributed by atoms with E-state index in [9.17, 15) is 19.2 Å². The lowest BCUT2D eigenvalue weighted by molar-refractivity contribution is -0.131. The van der Waals surface area contributed by atoms with E-state index < -0.39 is 23.8 Å². The van der Waals surface area contributed by atoms with Crippen LogP contribution < -0.4 is 4.74 Å². The van der Waals surface area contributed by atoms with E-state index in [2.05, 4.69) is 0 Å². The second-order valence-corrected chi connectivity index (χ2v) is 4.95. The quantitative estimate of drug-likeness (QED) is 0.487. The summed E-state index contributed by atoms with van der Waals surface area (Å²) in [6, 6.07) is 11.7. The van der Waals surface area contributed by atoms with E-state index in [-0.39, 0.29) is 22.4 Å². The first-order valence-corrected chi connectivity index (χ1v) is 6.96. The number of carbonyl (C=O) groups excluding carboxylic acids is 4. The summed E-state index contributed by atoms with van der Waals surface area (Å²) in [5, 5.41) is 0.437. The number of ether oxygens (including phenoxy) is 1. The lowest BCUT2D eigenvalue weighted by Crippen LogP contribution is -2.32. The van der Waals surface area contributed by atoms with Gasteiger partial charge >= 0.3 is 11.9 Å². The summed E-state index contributed by atoms with van der Waals surface area (Å²) in [7, 11) is 0. The predicted octanol–water partition coefficient (Wildman–Crippen LogP) is 1.98. The van der Waals surface area contributed by atoms with E-state index in [1.807, 2.05) is 0 Å². The average Bonchev–Trinajstić information content (AvgIpc) is 2.80. The van der Waals surface area contributed by atoms with Crippen LogP contribution in [0.1, 0.15) is 38.0 Å². The van der Waals surface area contributed by atoms with Crippen molar-refractivity contribution in [3.8, 4) is 5.75 Å². The number of nitrogens with zero attached hydrogens (tertiary/aromatic N) is 1. The maximum absolute atomic E-state index is 12.1. The van der Waals surface area contributed by atoms with Gasteiger partial charge in [0.05, 0.1) is 16.7 Å². The largest absolute Gasteiger partial charge is 0.427 e. The van der Waals surface area contributed by atoms with Gasteiger partial charge in [0.25, 0.3) is 11.8 Å². The Balaban J connectivity index is 1.75. The molecule has 2 aromatic carbocycles. The molecule has 0 saturated heterocycles. The maximum Gasteiger partial charge on any atom is 0.363 e. The molecule has 1 aliphatic heterocycles. The van der Waals surface area contributed by atoms with E-state index in [0.29, 0.717) is 5.06 Å². The van der Waals surface area contributed by atoms with Crippen LogP contribution in [0.4, 0.5) is 0 Å². The second-order valence-electron chi connectivity index (χ2n) is 4.95. The van der Waals surface area contributed by atoms with Crippen LogP contribution in [0.3, 0.4) is 0 Å². The minimum Gasteiger partial charge on any atom is -0.427 e. The molecule has 0 unspecified atom stereocenters. The highest BCUT2D eigenvalue weighted by Crippen LogP contribution is 2.23. The number of hydrogen-bond donors (Lipinski definition) is 0. The molecule has 0 bridgehead atoms. The molecular formula is C17H11NO6. The fraction of sp³-hybridized carbons (Fsp3) is 0.0588. The summed E-state index contributed by atoms with van der Waals surface area (Å²) in [5.41, 5.74) is 0.462. The van der Waals surface area contributed by atoms with Crippen LogP contribution in [-0.2, 0) is 9.63 Å². The van der Waals surface area contributed by atoms with Gasteiger partial charge in [-0.25, -0.2) is 4.79 Å². The zero-order valence-electron chi connectivity index (χ0n) is 12.5. The van der Waals surface area contributed by atoms with Crippen LogP contribution in [0.2, 0.25) is 0 Å². The van der Waals surface area contributed by atoms with Gasteiger partial charge in [-0.15, -0.1) is 0 Å². The number of hydrogen-bond acceptors (Lipinski definition) is 6. The van der Waals surface area contributed by atoms with Crippen molar-refractivity contribution < 1.29 is 28.8 Å². The number of imide groups is 1.